The van der Waals surface area contributed by atoms with Gasteiger partial charge in [-0.1, -0.05) is 12.5 Å². The average molecular weight is 402 g/mol. The highest BCUT2D eigenvalue weighted by Crippen LogP contribution is 2.23. The molecule has 1 aromatic rings. The van der Waals surface area contributed by atoms with Crippen molar-refractivity contribution in [1.29, 1.82) is 0 Å². The molecule has 3 rings (SSSR count). The number of halogens is 1. The Hall–Kier alpha value is -1.15. The summed E-state index contributed by atoms with van der Waals surface area (Å²) in [7, 11) is -3.52. The van der Waals surface area contributed by atoms with Crippen LogP contribution in [0.25, 0.3) is 0 Å². The summed E-state index contributed by atoms with van der Waals surface area (Å²) < 4.78 is 27.2. The smallest absolute Gasteiger partial charge is 0.251 e. The third-order valence-electron chi connectivity index (χ3n) is 5.08. The molecule has 26 heavy (non-hydrogen) atoms. The SMILES string of the molecule is Cc1ccc(S(=O)(=O)N2CCCCC2)cc1C(=O)NCC1CCCN1.Cl. The molecule has 8 heteroatoms. The zero-order chi connectivity index (χ0) is 17.9. The average Bonchev–Trinajstić information content (AvgIpc) is 3.14. The van der Waals surface area contributed by atoms with E-state index in [2.05, 4.69) is 10.6 Å². The Labute approximate surface area is 162 Å². The number of rotatable bonds is 5. The maximum absolute atomic E-state index is 12.8. The first-order chi connectivity index (χ1) is 12.0. The topological polar surface area (TPSA) is 78.5 Å². The number of amides is 1. The Bertz CT molecular complexity index is 727. The summed E-state index contributed by atoms with van der Waals surface area (Å²) in [5.74, 6) is -0.207. The highest BCUT2D eigenvalue weighted by Gasteiger charge is 2.27. The lowest BCUT2D eigenvalue weighted by Gasteiger charge is -2.26. The number of aryl methyl sites for hydroxylation is 1. The van der Waals surface area contributed by atoms with Gasteiger partial charge in [-0.15, -0.1) is 12.4 Å². The van der Waals surface area contributed by atoms with Gasteiger partial charge in [-0.05, 0) is 56.8 Å². The van der Waals surface area contributed by atoms with E-state index in [9.17, 15) is 13.2 Å². The molecule has 0 spiro atoms. The third kappa shape index (κ3) is 4.76. The summed E-state index contributed by atoms with van der Waals surface area (Å²) in [4.78, 5) is 12.7. The Morgan fingerprint density at radius 3 is 2.62 bits per heavy atom. The first kappa shape index (κ1) is 21.2. The van der Waals surface area contributed by atoms with E-state index >= 15 is 0 Å². The van der Waals surface area contributed by atoms with Crippen LogP contribution >= 0.6 is 12.4 Å². The first-order valence-corrected chi connectivity index (χ1v) is 10.5. The fourth-order valence-corrected chi connectivity index (χ4v) is 5.05. The molecule has 1 amide bonds. The number of sulfonamides is 1. The molecule has 2 fully saturated rings. The van der Waals surface area contributed by atoms with Crippen molar-refractivity contribution in [1.82, 2.24) is 14.9 Å². The van der Waals surface area contributed by atoms with E-state index < -0.39 is 10.0 Å². The van der Waals surface area contributed by atoms with Crippen molar-refractivity contribution in [2.45, 2.75) is 50.0 Å². The summed E-state index contributed by atoms with van der Waals surface area (Å²) in [5, 5.41) is 6.27. The number of hydrogen-bond acceptors (Lipinski definition) is 4. The van der Waals surface area contributed by atoms with Gasteiger partial charge in [-0.25, -0.2) is 8.42 Å². The molecular weight excluding hydrogens is 374 g/mol. The number of carbonyl (C=O) groups is 1. The van der Waals surface area contributed by atoms with Crippen LogP contribution < -0.4 is 10.6 Å². The van der Waals surface area contributed by atoms with Crippen molar-refractivity contribution in [3.8, 4) is 0 Å². The van der Waals surface area contributed by atoms with E-state index in [1.807, 2.05) is 6.92 Å². The van der Waals surface area contributed by atoms with Gasteiger partial charge in [0, 0.05) is 31.2 Å². The molecule has 0 bridgehead atoms. The number of benzene rings is 1. The van der Waals surface area contributed by atoms with Gasteiger partial charge in [0.05, 0.1) is 4.90 Å². The highest BCUT2D eigenvalue weighted by atomic mass is 35.5. The van der Waals surface area contributed by atoms with Crippen molar-refractivity contribution < 1.29 is 13.2 Å². The molecule has 0 aromatic heterocycles. The molecule has 0 radical (unpaired) electrons. The van der Waals surface area contributed by atoms with Gasteiger partial charge >= 0.3 is 0 Å². The van der Waals surface area contributed by atoms with Crippen molar-refractivity contribution in [3.63, 3.8) is 0 Å². The van der Waals surface area contributed by atoms with Crippen molar-refractivity contribution in [2.24, 2.45) is 0 Å². The second-order valence-electron chi connectivity index (χ2n) is 6.94. The van der Waals surface area contributed by atoms with Crippen LogP contribution in [0.2, 0.25) is 0 Å². The molecule has 1 aromatic carbocycles. The van der Waals surface area contributed by atoms with Crippen LogP contribution in [0.1, 0.15) is 48.0 Å². The number of carbonyl (C=O) groups excluding carboxylic acids is 1. The van der Waals surface area contributed by atoms with Crippen LogP contribution in [-0.2, 0) is 10.0 Å². The number of hydrogen-bond donors (Lipinski definition) is 2. The minimum Gasteiger partial charge on any atom is -0.350 e. The normalized spacial score (nSPS) is 21.2. The molecule has 1 atom stereocenters. The third-order valence-corrected chi connectivity index (χ3v) is 6.97. The molecule has 146 valence electrons. The lowest BCUT2D eigenvalue weighted by Crippen LogP contribution is -2.38. The Morgan fingerprint density at radius 1 is 1.23 bits per heavy atom. The fraction of sp³-hybridized carbons (Fsp3) is 0.611. The molecule has 2 aliphatic rings. The largest absolute Gasteiger partial charge is 0.350 e. The van der Waals surface area contributed by atoms with Crippen LogP contribution in [-0.4, -0.2) is 50.9 Å². The van der Waals surface area contributed by atoms with Gasteiger partial charge in [0.25, 0.3) is 5.91 Å². The molecule has 6 nitrogen and oxygen atoms in total. The molecule has 2 aliphatic heterocycles. The van der Waals surface area contributed by atoms with Crippen LogP contribution in [0, 0.1) is 6.92 Å². The van der Waals surface area contributed by atoms with Crippen LogP contribution in [0.15, 0.2) is 23.1 Å². The van der Waals surface area contributed by atoms with Gasteiger partial charge in [-0.3, -0.25) is 4.79 Å². The van der Waals surface area contributed by atoms with E-state index in [-0.39, 0.29) is 23.2 Å². The Kier molecular flexibility index (Phi) is 7.46. The molecular formula is C18H28ClN3O3S. The van der Waals surface area contributed by atoms with Crippen molar-refractivity contribution in [2.75, 3.05) is 26.2 Å². The van der Waals surface area contributed by atoms with Gasteiger partial charge in [0.15, 0.2) is 0 Å². The summed E-state index contributed by atoms with van der Waals surface area (Å²) >= 11 is 0. The van der Waals surface area contributed by atoms with E-state index in [0.717, 1.165) is 44.2 Å². The molecule has 2 saturated heterocycles. The minimum atomic E-state index is -3.52. The lowest BCUT2D eigenvalue weighted by atomic mass is 10.1. The summed E-state index contributed by atoms with van der Waals surface area (Å²) in [6, 6.07) is 5.16. The molecule has 1 unspecified atom stereocenters. The summed E-state index contributed by atoms with van der Waals surface area (Å²) in [6.45, 7) is 4.51. The monoisotopic (exact) mass is 401 g/mol. The maximum Gasteiger partial charge on any atom is 0.251 e. The summed E-state index contributed by atoms with van der Waals surface area (Å²) in [5.41, 5.74) is 1.23. The van der Waals surface area contributed by atoms with Crippen LogP contribution in [0.4, 0.5) is 0 Å². The van der Waals surface area contributed by atoms with Gasteiger partial charge in [-0.2, -0.15) is 4.31 Å². The molecule has 0 aliphatic carbocycles. The molecule has 0 saturated carbocycles. The van der Waals surface area contributed by atoms with E-state index in [4.69, 9.17) is 0 Å². The molecule has 2 heterocycles. The predicted octanol–water partition coefficient (Wildman–Crippen LogP) is 2.07. The second-order valence-corrected chi connectivity index (χ2v) is 8.88. The standard InChI is InChI=1S/C18H27N3O3S.ClH/c1-14-7-8-16(25(23,24)21-10-3-2-4-11-21)12-17(14)18(22)20-13-15-6-5-9-19-15;/h7-8,12,15,19H,2-6,9-11,13H2,1H3,(H,20,22);1H. The van der Waals surface area contributed by atoms with E-state index in [1.165, 1.54) is 10.4 Å². The predicted molar refractivity (Wildman–Crippen MR) is 104 cm³/mol. The maximum atomic E-state index is 12.8. The minimum absolute atomic E-state index is 0. The first-order valence-electron chi connectivity index (χ1n) is 9.11. The highest BCUT2D eigenvalue weighted by molar-refractivity contribution is 7.89. The fourth-order valence-electron chi connectivity index (χ4n) is 3.50. The quantitative estimate of drug-likeness (QED) is 0.791. The van der Waals surface area contributed by atoms with Gasteiger partial charge in [0.1, 0.15) is 0 Å². The number of nitrogens with zero attached hydrogens (tertiary/aromatic N) is 1. The number of nitrogens with one attached hydrogen (secondary N) is 2. The zero-order valence-electron chi connectivity index (χ0n) is 15.2. The van der Waals surface area contributed by atoms with E-state index in [1.54, 1.807) is 12.1 Å². The van der Waals surface area contributed by atoms with Gasteiger partial charge < -0.3 is 10.6 Å². The zero-order valence-corrected chi connectivity index (χ0v) is 16.8. The van der Waals surface area contributed by atoms with Crippen LogP contribution in [0.3, 0.4) is 0 Å². The van der Waals surface area contributed by atoms with Crippen molar-refractivity contribution >= 4 is 28.3 Å². The van der Waals surface area contributed by atoms with E-state index in [0.29, 0.717) is 31.2 Å². The van der Waals surface area contributed by atoms with Crippen LogP contribution in [0.5, 0.6) is 0 Å². The lowest BCUT2D eigenvalue weighted by molar-refractivity contribution is 0.0949. The van der Waals surface area contributed by atoms with Crippen molar-refractivity contribution in [3.05, 3.63) is 29.3 Å². The Morgan fingerprint density at radius 2 is 1.96 bits per heavy atom. The number of piperidine rings is 1. The second kappa shape index (κ2) is 9.17. The Balaban J connectivity index is 0.00000243. The summed E-state index contributed by atoms with van der Waals surface area (Å²) in [6.07, 6.45) is 5.05. The molecule has 2 N–H and O–H groups in total. The van der Waals surface area contributed by atoms with Gasteiger partial charge in [0.2, 0.25) is 10.0 Å².